The van der Waals surface area contributed by atoms with Crippen molar-refractivity contribution >= 4 is 15.8 Å². The maximum atomic E-state index is 12.1. The van der Waals surface area contributed by atoms with Crippen LogP contribution in [0.2, 0.25) is 0 Å². The topological polar surface area (TPSA) is 115 Å². The van der Waals surface area contributed by atoms with Crippen molar-refractivity contribution in [1.82, 2.24) is 29.5 Å². The molecule has 10 heteroatoms. The molecule has 0 unspecified atom stereocenters. The smallest absolute Gasteiger partial charge is 0.242 e. The standard InChI is InChI=1S/C15H17N7O2S/c1-12-20-14(10-15(21-12)22-9-3-6-18-22)17-7-8-19-25(23,24)13-4-2-5-16-11-13/h2-6,9-11,19H,7-8H2,1H3,(H,17,20,21). The zero-order chi connectivity index (χ0) is 17.7. The van der Waals surface area contributed by atoms with Crippen LogP contribution in [-0.4, -0.2) is 46.2 Å². The number of sulfonamides is 1. The minimum absolute atomic E-state index is 0.133. The Morgan fingerprint density at radius 3 is 2.76 bits per heavy atom. The van der Waals surface area contributed by atoms with Gasteiger partial charge in [-0.2, -0.15) is 5.10 Å². The van der Waals surface area contributed by atoms with Gasteiger partial charge in [0.15, 0.2) is 5.82 Å². The molecule has 3 aromatic heterocycles. The molecule has 0 saturated heterocycles. The summed E-state index contributed by atoms with van der Waals surface area (Å²) < 4.78 is 28.3. The molecule has 3 aromatic rings. The van der Waals surface area contributed by atoms with Gasteiger partial charge in [0.25, 0.3) is 0 Å². The number of hydrogen-bond acceptors (Lipinski definition) is 7. The van der Waals surface area contributed by atoms with Gasteiger partial charge in [-0.25, -0.2) is 27.8 Å². The SMILES string of the molecule is Cc1nc(NCCNS(=O)(=O)c2cccnc2)cc(-n2cccn2)n1. The number of nitrogens with one attached hydrogen (secondary N) is 2. The zero-order valence-corrected chi connectivity index (χ0v) is 14.3. The summed E-state index contributed by atoms with van der Waals surface area (Å²) in [6, 6.07) is 6.62. The summed E-state index contributed by atoms with van der Waals surface area (Å²) in [6.07, 6.45) is 6.28. The van der Waals surface area contributed by atoms with Gasteiger partial charge in [0.1, 0.15) is 16.5 Å². The third-order valence-electron chi connectivity index (χ3n) is 3.23. The largest absolute Gasteiger partial charge is 0.369 e. The van der Waals surface area contributed by atoms with E-state index < -0.39 is 10.0 Å². The highest BCUT2D eigenvalue weighted by Crippen LogP contribution is 2.10. The highest BCUT2D eigenvalue weighted by molar-refractivity contribution is 7.89. The van der Waals surface area contributed by atoms with Gasteiger partial charge in [-0.15, -0.1) is 0 Å². The molecule has 25 heavy (non-hydrogen) atoms. The van der Waals surface area contributed by atoms with E-state index in [9.17, 15) is 8.42 Å². The summed E-state index contributed by atoms with van der Waals surface area (Å²) in [5.74, 6) is 1.82. The predicted octanol–water partition coefficient (Wildman–Crippen LogP) is 0.756. The first-order valence-electron chi connectivity index (χ1n) is 7.54. The minimum atomic E-state index is -3.57. The van der Waals surface area contributed by atoms with Gasteiger partial charge in [-0.1, -0.05) is 0 Å². The van der Waals surface area contributed by atoms with Crippen molar-refractivity contribution in [3.63, 3.8) is 0 Å². The van der Waals surface area contributed by atoms with Crippen LogP contribution < -0.4 is 10.0 Å². The average Bonchev–Trinajstić information content (AvgIpc) is 3.14. The molecule has 2 N–H and O–H groups in total. The second-order valence-corrected chi connectivity index (χ2v) is 6.89. The molecule has 3 heterocycles. The molecule has 0 spiro atoms. The normalized spacial score (nSPS) is 11.4. The van der Waals surface area contributed by atoms with E-state index in [1.165, 1.54) is 18.5 Å². The van der Waals surface area contributed by atoms with E-state index in [1.54, 1.807) is 42.2 Å². The van der Waals surface area contributed by atoms with E-state index in [2.05, 4.69) is 30.1 Å². The molecule has 0 radical (unpaired) electrons. The molecule has 0 aliphatic rings. The molecule has 0 aromatic carbocycles. The number of aryl methyl sites for hydroxylation is 1. The van der Waals surface area contributed by atoms with Crippen LogP contribution in [0.25, 0.3) is 5.82 Å². The fraction of sp³-hybridized carbons (Fsp3) is 0.200. The lowest BCUT2D eigenvalue weighted by molar-refractivity contribution is 0.582. The van der Waals surface area contributed by atoms with Crippen LogP contribution in [0.5, 0.6) is 0 Å². The minimum Gasteiger partial charge on any atom is -0.369 e. The van der Waals surface area contributed by atoms with E-state index >= 15 is 0 Å². The molecule has 0 fully saturated rings. The second-order valence-electron chi connectivity index (χ2n) is 5.12. The Morgan fingerprint density at radius 2 is 2.04 bits per heavy atom. The van der Waals surface area contributed by atoms with Crippen LogP contribution in [0.3, 0.4) is 0 Å². The van der Waals surface area contributed by atoms with Gasteiger partial charge in [0.05, 0.1) is 0 Å². The Balaban J connectivity index is 1.59. The van der Waals surface area contributed by atoms with E-state index in [0.717, 1.165) is 0 Å². The molecule has 0 atom stereocenters. The van der Waals surface area contributed by atoms with Crippen LogP contribution in [0, 0.1) is 6.92 Å². The van der Waals surface area contributed by atoms with E-state index in [4.69, 9.17) is 0 Å². The summed E-state index contributed by atoms with van der Waals surface area (Å²) >= 11 is 0. The maximum absolute atomic E-state index is 12.1. The van der Waals surface area contributed by atoms with Crippen molar-refractivity contribution in [2.75, 3.05) is 18.4 Å². The Bertz CT molecular complexity index is 928. The number of nitrogens with zero attached hydrogens (tertiary/aromatic N) is 5. The number of pyridine rings is 1. The highest BCUT2D eigenvalue weighted by Gasteiger charge is 2.12. The summed E-state index contributed by atoms with van der Waals surface area (Å²) in [5, 5.41) is 7.21. The highest BCUT2D eigenvalue weighted by atomic mass is 32.2. The lowest BCUT2D eigenvalue weighted by atomic mass is 10.4. The van der Waals surface area contributed by atoms with Crippen LogP contribution in [-0.2, 0) is 10.0 Å². The fourth-order valence-electron chi connectivity index (χ4n) is 2.13. The monoisotopic (exact) mass is 359 g/mol. The third-order valence-corrected chi connectivity index (χ3v) is 4.68. The molecular formula is C15H17N7O2S. The Kier molecular flexibility index (Phi) is 5.00. The fourth-order valence-corrected chi connectivity index (χ4v) is 3.12. The van der Waals surface area contributed by atoms with Crippen molar-refractivity contribution in [2.24, 2.45) is 0 Å². The second kappa shape index (κ2) is 7.36. The first-order valence-corrected chi connectivity index (χ1v) is 9.02. The Labute approximate surface area is 145 Å². The molecule has 0 amide bonds. The van der Waals surface area contributed by atoms with E-state index in [-0.39, 0.29) is 11.4 Å². The van der Waals surface area contributed by atoms with Gasteiger partial charge in [0.2, 0.25) is 10.0 Å². The maximum Gasteiger partial charge on any atom is 0.242 e. The number of aromatic nitrogens is 5. The van der Waals surface area contributed by atoms with Crippen molar-refractivity contribution < 1.29 is 8.42 Å². The molecule has 0 saturated carbocycles. The van der Waals surface area contributed by atoms with Crippen molar-refractivity contribution in [1.29, 1.82) is 0 Å². The van der Waals surface area contributed by atoms with Gasteiger partial charge >= 0.3 is 0 Å². The number of anilines is 1. The van der Waals surface area contributed by atoms with E-state index in [1.807, 2.05) is 0 Å². The molecule has 0 bridgehead atoms. The average molecular weight is 359 g/mol. The molecular weight excluding hydrogens is 342 g/mol. The first-order chi connectivity index (χ1) is 12.0. The molecule has 9 nitrogen and oxygen atoms in total. The van der Waals surface area contributed by atoms with Crippen molar-refractivity contribution in [2.45, 2.75) is 11.8 Å². The molecule has 130 valence electrons. The van der Waals surface area contributed by atoms with Crippen molar-refractivity contribution in [3.8, 4) is 5.82 Å². The van der Waals surface area contributed by atoms with Crippen LogP contribution in [0.1, 0.15) is 5.82 Å². The third kappa shape index (κ3) is 4.37. The predicted molar refractivity (Wildman–Crippen MR) is 91.8 cm³/mol. The van der Waals surface area contributed by atoms with E-state index in [0.29, 0.717) is 24.0 Å². The lowest BCUT2D eigenvalue weighted by Crippen LogP contribution is -2.29. The van der Waals surface area contributed by atoms with Crippen LogP contribution >= 0.6 is 0 Å². The number of rotatable bonds is 7. The molecule has 0 aliphatic heterocycles. The summed E-state index contributed by atoms with van der Waals surface area (Å²) in [5.41, 5.74) is 0. The zero-order valence-electron chi connectivity index (χ0n) is 13.5. The van der Waals surface area contributed by atoms with Gasteiger partial charge in [-0.3, -0.25) is 4.98 Å². The quantitative estimate of drug-likeness (QED) is 0.598. The number of hydrogen-bond donors (Lipinski definition) is 2. The lowest BCUT2D eigenvalue weighted by Gasteiger charge is -2.10. The molecule has 0 aliphatic carbocycles. The van der Waals surface area contributed by atoms with Crippen LogP contribution in [0.15, 0.2) is 53.9 Å². The first kappa shape index (κ1) is 17.0. The Hall–Kier alpha value is -2.85. The summed E-state index contributed by atoms with van der Waals surface area (Å²) in [6.45, 7) is 2.36. The van der Waals surface area contributed by atoms with Gasteiger partial charge in [0, 0.05) is 43.9 Å². The van der Waals surface area contributed by atoms with Crippen LogP contribution in [0.4, 0.5) is 5.82 Å². The Morgan fingerprint density at radius 1 is 1.16 bits per heavy atom. The summed E-state index contributed by atoms with van der Waals surface area (Å²) in [4.78, 5) is 12.5. The van der Waals surface area contributed by atoms with Crippen molar-refractivity contribution in [3.05, 3.63) is 54.9 Å². The summed E-state index contributed by atoms with van der Waals surface area (Å²) in [7, 11) is -3.57. The molecule has 3 rings (SSSR count). The van der Waals surface area contributed by atoms with Gasteiger partial charge in [-0.05, 0) is 25.1 Å². The van der Waals surface area contributed by atoms with Gasteiger partial charge < -0.3 is 5.32 Å².